The van der Waals surface area contributed by atoms with Crippen LogP contribution in [0.25, 0.3) is 0 Å². The van der Waals surface area contributed by atoms with Crippen LogP contribution in [-0.4, -0.2) is 98.9 Å². The number of aliphatic hydroxyl groups excluding tert-OH is 7. The van der Waals surface area contributed by atoms with Gasteiger partial charge in [0.25, 0.3) is 0 Å². The van der Waals surface area contributed by atoms with Gasteiger partial charge in [0.1, 0.15) is 5.75 Å². The van der Waals surface area contributed by atoms with Crippen molar-refractivity contribution >= 4 is 5.97 Å². The summed E-state index contributed by atoms with van der Waals surface area (Å²) < 4.78 is 11.6. The Morgan fingerprint density at radius 2 is 0.956 bits per heavy atom. The molecule has 45 heavy (non-hydrogen) atoms. The Balaban J connectivity index is -0.000000112. The van der Waals surface area contributed by atoms with Gasteiger partial charge in [-0.05, 0) is 67.0 Å². The van der Waals surface area contributed by atoms with Gasteiger partial charge in [0, 0.05) is 59.6 Å². The molecule has 11 nitrogen and oxygen atoms in total. The number of hydrogen-bond acceptors (Lipinski definition) is 10. The minimum atomic E-state index is -1.03. The van der Waals surface area contributed by atoms with Gasteiger partial charge in [-0.3, -0.25) is 0 Å². The van der Waals surface area contributed by atoms with Gasteiger partial charge in [0.2, 0.25) is 5.79 Å². The smallest absolute Gasteiger partial charge is 0.331 e. The molecule has 8 N–H and O–H groups in total. The molecule has 0 bridgehead atoms. The number of carboxylic acid groups (broad SMARTS) is 1. The molecule has 0 aliphatic heterocycles. The Morgan fingerprint density at radius 1 is 0.622 bits per heavy atom. The highest BCUT2D eigenvalue weighted by molar-refractivity contribution is 5.79. The molecule has 11 heteroatoms. The predicted molar refractivity (Wildman–Crippen MR) is 185 cm³/mol. The van der Waals surface area contributed by atoms with Crippen molar-refractivity contribution in [3.05, 3.63) is 42.7 Å². The van der Waals surface area contributed by atoms with E-state index >= 15 is 0 Å². The summed E-state index contributed by atoms with van der Waals surface area (Å²) in [6.07, 6.45) is 11.3. The summed E-state index contributed by atoms with van der Waals surface area (Å²) in [5.74, 6) is -1.18. The second-order valence-electron chi connectivity index (χ2n) is 8.39. The normalized spacial score (nSPS) is 10.0. The van der Waals surface area contributed by atoms with Crippen LogP contribution in [0.4, 0.5) is 0 Å². The lowest BCUT2D eigenvalue weighted by Crippen LogP contribution is -2.34. The fraction of sp³-hybridized carbons (Fsp3) is 0.735. The lowest BCUT2D eigenvalue weighted by atomic mass is 10.1. The van der Waals surface area contributed by atoms with Crippen LogP contribution in [0.2, 0.25) is 0 Å². The maximum Gasteiger partial charge on any atom is 0.331 e. The highest BCUT2D eigenvalue weighted by Crippen LogP contribution is 2.25. The number of rotatable bonds is 13. The number of benzene rings is 1. The van der Waals surface area contributed by atoms with Crippen molar-refractivity contribution in [1.29, 1.82) is 0 Å². The number of para-hydroxylation sites is 1. The van der Waals surface area contributed by atoms with E-state index in [1.807, 2.05) is 37.3 Å². The van der Waals surface area contributed by atoms with Crippen molar-refractivity contribution in [2.75, 3.05) is 46.2 Å². The quantitative estimate of drug-likeness (QED) is 0.0575. The van der Waals surface area contributed by atoms with Crippen molar-refractivity contribution in [3.63, 3.8) is 0 Å². The van der Waals surface area contributed by atoms with Gasteiger partial charge < -0.3 is 50.3 Å². The van der Waals surface area contributed by atoms with Crippen LogP contribution < -0.4 is 4.74 Å². The molecule has 0 fully saturated rings. The van der Waals surface area contributed by atoms with Gasteiger partial charge in [-0.1, -0.05) is 63.6 Å². The van der Waals surface area contributed by atoms with E-state index in [0.717, 1.165) is 18.9 Å². The number of hydrogen-bond donors (Lipinski definition) is 8. The van der Waals surface area contributed by atoms with Crippen LogP contribution in [0.5, 0.6) is 5.75 Å². The van der Waals surface area contributed by atoms with Crippen molar-refractivity contribution in [2.24, 2.45) is 0 Å². The first-order valence-electron chi connectivity index (χ1n) is 16.0. The van der Waals surface area contributed by atoms with E-state index in [2.05, 4.69) is 6.92 Å². The summed E-state index contributed by atoms with van der Waals surface area (Å²) in [7, 11) is 0. The van der Waals surface area contributed by atoms with Crippen molar-refractivity contribution in [2.45, 2.75) is 119 Å². The zero-order chi connectivity index (χ0) is 36.6. The average Bonchev–Trinajstić information content (AvgIpc) is 2.96. The molecule has 0 heterocycles. The van der Waals surface area contributed by atoms with E-state index in [1.165, 1.54) is 38.4 Å². The summed E-state index contributed by atoms with van der Waals surface area (Å²) in [6.45, 7) is 17.6. The fourth-order valence-electron chi connectivity index (χ4n) is 2.51. The molecular formula is C34H72O11. The van der Waals surface area contributed by atoms with Crippen LogP contribution in [0.3, 0.4) is 0 Å². The molecule has 0 aromatic heterocycles. The second-order valence-corrected chi connectivity index (χ2v) is 8.39. The van der Waals surface area contributed by atoms with Crippen molar-refractivity contribution < 1.29 is 55.1 Å². The number of aliphatic carboxylic acids is 1. The van der Waals surface area contributed by atoms with Gasteiger partial charge in [0.05, 0.1) is 12.3 Å². The van der Waals surface area contributed by atoms with Crippen molar-refractivity contribution in [1.82, 2.24) is 0 Å². The highest BCUT2D eigenvalue weighted by Gasteiger charge is 2.26. The Kier molecular flexibility index (Phi) is 78.9. The zero-order valence-corrected chi connectivity index (χ0v) is 30.0. The first-order chi connectivity index (χ1) is 21.5. The minimum Gasteiger partial charge on any atom is -0.478 e. The molecular weight excluding hydrogens is 584 g/mol. The molecule has 0 radical (unpaired) electrons. The van der Waals surface area contributed by atoms with Crippen LogP contribution in [-0.2, 0) is 9.53 Å². The van der Waals surface area contributed by atoms with E-state index in [0.29, 0.717) is 12.2 Å². The molecule has 1 atom stereocenters. The number of ether oxygens (including phenoxy) is 2. The van der Waals surface area contributed by atoms with Crippen LogP contribution in [0.1, 0.15) is 114 Å². The SMILES string of the molecule is CCCCCCCCCC(C)(OC=CC(=O)O)Oc1ccccc1.CCO.CCO.CCO.CCO.CCO.CCO.CCO. The van der Waals surface area contributed by atoms with Gasteiger partial charge in [0.15, 0.2) is 0 Å². The third kappa shape index (κ3) is 85.7. The van der Waals surface area contributed by atoms with Gasteiger partial charge in [-0.25, -0.2) is 4.79 Å². The first kappa shape index (κ1) is 58.3. The maximum absolute atomic E-state index is 10.6. The molecule has 0 amide bonds. The van der Waals surface area contributed by atoms with Crippen molar-refractivity contribution in [3.8, 4) is 5.75 Å². The average molecular weight is 657 g/mol. The molecule has 1 aromatic carbocycles. The molecule has 1 unspecified atom stereocenters. The highest BCUT2D eigenvalue weighted by atomic mass is 16.7. The summed E-state index contributed by atoms with van der Waals surface area (Å²) in [6, 6.07) is 9.46. The van der Waals surface area contributed by atoms with E-state index in [4.69, 9.17) is 50.3 Å². The first-order valence-corrected chi connectivity index (χ1v) is 16.0. The van der Waals surface area contributed by atoms with Crippen LogP contribution in [0, 0.1) is 0 Å². The molecule has 0 spiro atoms. The van der Waals surface area contributed by atoms with E-state index in [-0.39, 0.29) is 46.2 Å². The Morgan fingerprint density at radius 3 is 1.29 bits per heavy atom. The van der Waals surface area contributed by atoms with Gasteiger partial charge in [-0.15, -0.1) is 0 Å². The number of aliphatic hydroxyl groups is 7. The standard InChI is InChI=1S/C20H30O4.7C2H6O/c1-3-4-5-6-7-8-12-16-20(2,23-17-15-19(21)22)24-18-13-10-9-11-14-18;7*1-2-3/h9-11,13-15,17H,3-8,12,16H2,1-2H3,(H,21,22);7*3H,2H2,1H3. The maximum atomic E-state index is 10.6. The summed E-state index contributed by atoms with van der Waals surface area (Å²) >= 11 is 0. The second kappa shape index (κ2) is 60.9. The monoisotopic (exact) mass is 657 g/mol. The molecule has 274 valence electrons. The topological polar surface area (TPSA) is 197 Å². The van der Waals surface area contributed by atoms with Crippen LogP contribution >= 0.6 is 0 Å². The largest absolute Gasteiger partial charge is 0.478 e. The fourth-order valence-corrected chi connectivity index (χ4v) is 2.51. The molecule has 0 aliphatic carbocycles. The van der Waals surface area contributed by atoms with E-state index in [9.17, 15) is 4.79 Å². The lowest BCUT2D eigenvalue weighted by Gasteiger charge is -2.30. The number of carbonyl (C=O) groups is 1. The zero-order valence-electron chi connectivity index (χ0n) is 30.0. The number of carboxylic acids is 1. The van der Waals surface area contributed by atoms with Crippen LogP contribution in [0.15, 0.2) is 42.7 Å². The summed E-state index contributed by atoms with van der Waals surface area (Å²) in [5, 5.41) is 61.7. The third-order valence-corrected chi connectivity index (χ3v) is 3.84. The minimum absolute atomic E-state index is 0.250. The third-order valence-electron chi connectivity index (χ3n) is 3.84. The molecule has 0 saturated carbocycles. The Hall–Kier alpha value is -2.25. The molecule has 1 rings (SSSR count). The van der Waals surface area contributed by atoms with Gasteiger partial charge >= 0.3 is 5.97 Å². The number of unbranched alkanes of at least 4 members (excludes halogenated alkanes) is 6. The molecule has 1 aromatic rings. The van der Waals surface area contributed by atoms with E-state index in [1.54, 1.807) is 48.5 Å². The Labute approximate surface area is 275 Å². The van der Waals surface area contributed by atoms with E-state index < -0.39 is 11.8 Å². The predicted octanol–water partition coefficient (Wildman–Crippen LogP) is 5.53. The lowest BCUT2D eigenvalue weighted by molar-refractivity contribution is -0.138. The Bertz CT molecular complexity index is 583. The molecule has 0 saturated heterocycles. The molecule has 0 aliphatic rings. The summed E-state index contributed by atoms with van der Waals surface area (Å²) in [5.41, 5.74) is 0. The summed E-state index contributed by atoms with van der Waals surface area (Å²) in [4.78, 5) is 10.6. The van der Waals surface area contributed by atoms with Gasteiger partial charge in [-0.2, -0.15) is 0 Å².